The first kappa shape index (κ1) is 12.4. The van der Waals surface area contributed by atoms with E-state index in [4.69, 9.17) is 0 Å². The number of hydrogen-bond donors (Lipinski definition) is 4. The molecule has 1 aromatic carbocycles. The Balaban J connectivity index is 2.47. The lowest BCUT2D eigenvalue weighted by Crippen LogP contribution is -2.17. The second-order valence-corrected chi connectivity index (χ2v) is 4.64. The van der Waals surface area contributed by atoms with Crippen molar-refractivity contribution in [3.8, 4) is 11.5 Å². The zero-order valence-corrected chi connectivity index (χ0v) is 10.1. The number of hydrogen-bond acceptors (Lipinski definition) is 6. The summed E-state index contributed by atoms with van der Waals surface area (Å²) in [4.78, 5) is 23.6. The standard InChI is InChI=1S/C14H10O6/c15-5-1-2-6(16)10-9(5)13(19)11-7(17)3-4-8(18)12(11)14(10)20/h1-3,8,17-20H,4H2. The van der Waals surface area contributed by atoms with E-state index in [9.17, 15) is 30.0 Å². The Kier molecular flexibility index (Phi) is 2.45. The topological polar surface area (TPSA) is 115 Å². The van der Waals surface area contributed by atoms with Gasteiger partial charge in [0.2, 0.25) is 0 Å². The molecule has 2 aliphatic rings. The molecule has 2 aliphatic carbocycles. The van der Waals surface area contributed by atoms with Crippen LogP contribution in [0.15, 0.2) is 18.2 Å². The van der Waals surface area contributed by atoms with Crippen LogP contribution in [0.1, 0.15) is 44.4 Å². The molecule has 20 heavy (non-hydrogen) atoms. The summed E-state index contributed by atoms with van der Waals surface area (Å²) in [6, 6.07) is 0. The maximum absolute atomic E-state index is 11.8. The normalized spacial score (nSPS) is 20.4. The van der Waals surface area contributed by atoms with Crippen LogP contribution in [0.2, 0.25) is 0 Å². The third-order valence-corrected chi connectivity index (χ3v) is 3.49. The van der Waals surface area contributed by atoms with E-state index in [2.05, 4.69) is 0 Å². The lowest BCUT2D eigenvalue weighted by molar-refractivity contribution is 0.0987. The fourth-order valence-electron chi connectivity index (χ4n) is 2.57. The number of carbonyl (C=O) groups excluding carboxylic acids is 2. The van der Waals surface area contributed by atoms with E-state index in [1.165, 1.54) is 6.08 Å². The second kappa shape index (κ2) is 3.94. The number of benzene rings is 1. The SMILES string of the molecule is O=C1C=CC(=O)c2c(O)c3c(c(O)c21)C(O)=CCC3O. The molecule has 3 rings (SSSR count). The second-order valence-electron chi connectivity index (χ2n) is 4.64. The minimum absolute atomic E-state index is 0.0304. The van der Waals surface area contributed by atoms with E-state index in [1.54, 1.807) is 0 Å². The molecule has 0 spiro atoms. The average molecular weight is 274 g/mol. The fourth-order valence-corrected chi connectivity index (χ4v) is 2.57. The minimum atomic E-state index is -1.18. The number of rotatable bonds is 0. The Morgan fingerprint density at radius 2 is 1.45 bits per heavy atom. The van der Waals surface area contributed by atoms with Crippen LogP contribution in [-0.2, 0) is 0 Å². The van der Waals surface area contributed by atoms with E-state index >= 15 is 0 Å². The van der Waals surface area contributed by atoms with Crippen molar-refractivity contribution in [2.45, 2.75) is 12.5 Å². The third-order valence-electron chi connectivity index (χ3n) is 3.49. The molecular weight excluding hydrogens is 264 g/mol. The van der Waals surface area contributed by atoms with Crippen LogP contribution in [-0.4, -0.2) is 32.0 Å². The van der Waals surface area contributed by atoms with E-state index in [0.717, 1.165) is 12.2 Å². The maximum Gasteiger partial charge on any atom is 0.190 e. The van der Waals surface area contributed by atoms with Gasteiger partial charge in [0.15, 0.2) is 11.6 Å². The number of fused-ring (bicyclic) bond motifs is 2. The molecule has 0 saturated heterocycles. The summed E-state index contributed by atoms with van der Waals surface area (Å²) in [6.45, 7) is 0. The summed E-state index contributed by atoms with van der Waals surface area (Å²) in [6.07, 6.45) is 2.09. The van der Waals surface area contributed by atoms with Crippen LogP contribution in [0.5, 0.6) is 11.5 Å². The smallest absolute Gasteiger partial charge is 0.190 e. The summed E-state index contributed by atoms with van der Waals surface area (Å²) in [5, 5.41) is 40.0. The molecule has 0 aromatic heterocycles. The number of aliphatic hydroxyl groups is 2. The van der Waals surface area contributed by atoms with Crippen molar-refractivity contribution < 1.29 is 30.0 Å². The predicted molar refractivity (Wildman–Crippen MR) is 67.8 cm³/mol. The summed E-state index contributed by atoms with van der Waals surface area (Å²) in [5.41, 5.74) is -1.06. The number of ketones is 2. The van der Waals surface area contributed by atoms with Gasteiger partial charge in [-0.2, -0.15) is 0 Å². The Bertz CT molecular complexity index is 726. The first-order valence-electron chi connectivity index (χ1n) is 5.89. The van der Waals surface area contributed by atoms with Crippen molar-refractivity contribution in [2.75, 3.05) is 0 Å². The molecule has 1 unspecified atom stereocenters. The molecule has 1 atom stereocenters. The zero-order chi connectivity index (χ0) is 14.6. The molecular formula is C14H10O6. The minimum Gasteiger partial charge on any atom is -0.508 e. The highest BCUT2D eigenvalue weighted by molar-refractivity contribution is 6.25. The summed E-state index contributed by atoms with van der Waals surface area (Å²) in [7, 11) is 0. The fraction of sp³-hybridized carbons (Fsp3) is 0.143. The van der Waals surface area contributed by atoms with Crippen LogP contribution in [0.4, 0.5) is 0 Å². The van der Waals surface area contributed by atoms with Gasteiger partial charge >= 0.3 is 0 Å². The highest BCUT2D eigenvalue weighted by Gasteiger charge is 2.36. The predicted octanol–water partition coefficient (Wildman–Crippen LogP) is 1.37. The molecule has 0 amide bonds. The van der Waals surface area contributed by atoms with Gasteiger partial charge in [0.25, 0.3) is 0 Å². The van der Waals surface area contributed by atoms with Crippen molar-refractivity contribution in [3.63, 3.8) is 0 Å². The molecule has 0 saturated carbocycles. The van der Waals surface area contributed by atoms with Gasteiger partial charge in [0, 0.05) is 5.56 Å². The number of allylic oxidation sites excluding steroid dienone is 2. The Labute approximate surface area is 112 Å². The van der Waals surface area contributed by atoms with Crippen LogP contribution in [0.25, 0.3) is 5.76 Å². The zero-order valence-electron chi connectivity index (χ0n) is 10.1. The van der Waals surface area contributed by atoms with Gasteiger partial charge in [-0.05, 0) is 24.6 Å². The Hall–Kier alpha value is -2.60. The van der Waals surface area contributed by atoms with Gasteiger partial charge in [-0.3, -0.25) is 9.59 Å². The van der Waals surface area contributed by atoms with Crippen molar-refractivity contribution in [2.24, 2.45) is 0 Å². The van der Waals surface area contributed by atoms with Crippen LogP contribution in [0, 0.1) is 0 Å². The van der Waals surface area contributed by atoms with Gasteiger partial charge in [-0.25, -0.2) is 0 Å². The molecule has 0 radical (unpaired) electrons. The quantitative estimate of drug-likeness (QED) is 0.531. The lowest BCUT2D eigenvalue weighted by Gasteiger charge is -2.25. The molecule has 4 N–H and O–H groups in total. The van der Waals surface area contributed by atoms with Gasteiger partial charge in [0.1, 0.15) is 17.3 Å². The van der Waals surface area contributed by atoms with Crippen LogP contribution in [0.3, 0.4) is 0 Å². The van der Waals surface area contributed by atoms with Gasteiger partial charge in [0.05, 0.1) is 22.8 Å². The molecule has 102 valence electrons. The van der Waals surface area contributed by atoms with Crippen molar-refractivity contribution >= 4 is 17.3 Å². The first-order valence-corrected chi connectivity index (χ1v) is 5.89. The maximum atomic E-state index is 11.8. The van der Waals surface area contributed by atoms with Crippen molar-refractivity contribution in [1.29, 1.82) is 0 Å². The molecule has 0 bridgehead atoms. The molecule has 0 aliphatic heterocycles. The number of aliphatic hydroxyl groups excluding tert-OH is 2. The Morgan fingerprint density at radius 3 is 2.05 bits per heavy atom. The van der Waals surface area contributed by atoms with Gasteiger partial charge in [-0.15, -0.1) is 0 Å². The first-order chi connectivity index (χ1) is 9.43. The van der Waals surface area contributed by atoms with Gasteiger partial charge < -0.3 is 20.4 Å². The Morgan fingerprint density at radius 1 is 0.900 bits per heavy atom. The lowest BCUT2D eigenvalue weighted by atomic mass is 9.83. The van der Waals surface area contributed by atoms with Crippen molar-refractivity contribution in [3.05, 3.63) is 40.5 Å². The molecule has 6 nitrogen and oxygen atoms in total. The van der Waals surface area contributed by atoms with Crippen LogP contribution >= 0.6 is 0 Å². The van der Waals surface area contributed by atoms with E-state index in [0.29, 0.717) is 0 Å². The monoisotopic (exact) mass is 274 g/mol. The van der Waals surface area contributed by atoms with Crippen molar-refractivity contribution in [1.82, 2.24) is 0 Å². The summed E-state index contributed by atoms with van der Waals surface area (Å²) in [5.74, 6) is -2.83. The summed E-state index contributed by atoms with van der Waals surface area (Å²) < 4.78 is 0. The van der Waals surface area contributed by atoms with Gasteiger partial charge in [-0.1, -0.05) is 0 Å². The average Bonchev–Trinajstić information content (AvgIpc) is 2.41. The third kappa shape index (κ3) is 1.42. The highest BCUT2D eigenvalue weighted by Crippen LogP contribution is 2.47. The number of carbonyl (C=O) groups is 2. The molecule has 6 heteroatoms. The molecule has 0 heterocycles. The highest BCUT2D eigenvalue weighted by atomic mass is 16.3. The van der Waals surface area contributed by atoms with E-state index < -0.39 is 29.2 Å². The van der Waals surface area contributed by atoms with E-state index in [1.807, 2.05) is 0 Å². The summed E-state index contributed by atoms with van der Waals surface area (Å²) >= 11 is 0. The number of phenols is 2. The van der Waals surface area contributed by atoms with Crippen LogP contribution < -0.4 is 0 Å². The molecule has 1 aromatic rings. The largest absolute Gasteiger partial charge is 0.508 e. The number of phenolic OH excluding ortho intramolecular Hbond substituents is 2. The van der Waals surface area contributed by atoms with E-state index in [-0.39, 0.29) is 34.4 Å². The molecule has 0 fully saturated rings. The number of aromatic hydroxyl groups is 2.